The number of nitrogens with zero attached hydrogens (tertiary/aromatic N) is 3. The average Bonchev–Trinajstić information content (AvgIpc) is 3.13. The second-order valence-electron chi connectivity index (χ2n) is 8.05. The Bertz CT molecular complexity index is 1210. The molecule has 30 heavy (non-hydrogen) atoms. The van der Waals surface area contributed by atoms with Crippen LogP contribution in [0.5, 0.6) is 0 Å². The quantitative estimate of drug-likeness (QED) is 0.426. The molecule has 4 rings (SSSR count). The summed E-state index contributed by atoms with van der Waals surface area (Å²) in [5, 5.41) is 12.1. The van der Waals surface area contributed by atoms with Gasteiger partial charge in [-0.3, -0.25) is 10.3 Å². The molecule has 0 spiro atoms. The van der Waals surface area contributed by atoms with Crippen LogP contribution in [0.4, 0.5) is 16.3 Å². The minimum Gasteiger partial charge on any atom is -0.308 e. The molecule has 2 aromatic carbocycles. The molecule has 0 bridgehead atoms. The lowest BCUT2D eigenvalue weighted by atomic mass is 9.92. The van der Waals surface area contributed by atoms with Gasteiger partial charge in [0.1, 0.15) is 5.82 Å². The van der Waals surface area contributed by atoms with E-state index < -0.39 is 0 Å². The molecule has 0 aliphatic rings. The Labute approximate surface area is 179 Å². The summed E-state index contributed by atoms with van der Waals surface area (Å²) < 4.78 is 1.71. The molecule has 2 aromatic heterocycles. The van der Waals surface area contributed by atoms with Crippen LogP contribution in [0.2, 0.25) is 5.02 Å². The third-order valence-electron chi connectivity index (χ3n) is 4.64. The first-order valence-corrected chi connectivity index (χ1v) is 9.97. The Morgan fingerprint density at radius 1 is 1.00 bits per heavy atom. The predicted octanol–water partition coefficient (Wildman–Crippen LogP) is 6.02. The number of fused-ring (bicyclic) bond motifs is 1. The van der Waals surface area contributed by atoms with E-state index in [-0.39, 0.29) is 11.4 Å². The Morgan fingerprint density at radius 2 is 1.73 bits per heavy atom. The third kappa shape index (κ3) is 4.28. The van der Waals surface area contributed by atoms with Crippen LogP contribution in [0.1, 0.15) is 26.5 Å². The van der Waals surface area contributed by atoms with Gasteiger partial charge >= 0.3 is 6.03 Å². The minimum absolute atomic E-state index is 0.182. The van der Waals surface area contributed by atoms with Gasteiger partial charge in [0.05, 0.1) is 23.1 Å². The second-order valence-corrected chi connectivity index (χ2v) is 8.49. The molecule has 7 heteroatoms. The topological polar surface area (TPSA) is 71.8 Å². The van der Waals surface area contributed by atoms with E-state index >= 15 is 0 Å². The molecule has 0 saturated heterocycles. The molecule has 2 N–H and O–H groups in total. The monoisotopic (exact) mass is 419 g/mol. The normalized spacial score (nSPS) is 11.5. The lowest BCUT2D eigenvalue weighted by Gasteiger charge is -2.14. The summed E-state index contributed by atoms with van der Waals surface area (Å²) in [6.45, 7) is 6.24. The number of hydrogen-bond donors (Lipinski definition) is 2. The highest BCUT2D eigenvalue weighted by Crippen LogP contribution is 2.27. The van der Waals surface area contributed by atoms with Gasteiger partial charge in [-0.25, -0.2) is 9.48 Å². The standard InChI is InChI=1S/C23H22ClN5O/c1-23(2,3)20-13-21(27-22(30)26-17-10-8-16(24)9-11-17)29(28-20)18-12-15-6-4-5-7-19(15)25-14-18/h4-14H,1-3H3,(H2,26,27,30). The average molecular weight is 420 g/mol. The van der Waals surface area contributed by atoms with E-state index in [1.807, 2.05) is 36.4 Å². The first kappa shape index (κ1) is 19.9. The van der Waals surface area contributed by atoms with E-state index in [1.54, 1.807) is 35.1 Å². The van der Waals surface area contributed by atoms with Crippen molar-refractivity contribution in [3.63, 3.8) is 0 Å². The van der Waals surface area contributed by atoms with Gasteiger partial charge in [-0.05, 0) is 36.4 Å². The van der Waals surface area contributed by atoms with Crippen molar-refractivity contribution in [3.05, 3.63) is 77.6 Å². The zero-order chi connectivity index (χ0) is 21.3. The number of amides is 2. The Kier molecular flexibility index (Phi) is 5.18. The van der Waals surface area contributed by atoms with Crippen LogP contribution in [0.3, 0.4) is 0 Å². The molecule has 152 valence electrons. The summed E-state index contributed by atoms with van der Waals surface area (Å²) in [6, 6.07) is 18.3. The maximum atomic E-state index is 12.6. The van der Waals surface area contributed by atoms with Crippen LogP contribution in [0.25, 0.3) is 16.6 Å². The molecule has 6 nitrogen and oxygen atoms in total. The molecule has 0 unspecified atom stereocenters. The summed E-state index contributed by atoms with van der Waals surface area (Å²) in [5.41, 5.74) is 2.99. The molecule has 4 aromatic rings. The van der Waals surface area contributed by atoms with Crippen molar-refractivity contribution < 1.29 is 4.79 Å². The van der Waals surface area contributed by atoms with Crippen molar-refractivity contribution in [1.82, 2.24) is 14.8 Å². The Hall–Kier alpha value is -3.38. The highest BCUT2D eigenvalue weighted by molar-refractivity contribution is 6.30. The zero-order valence-corrected chi connectivity index (χ0v) is 17.7. The molecule has 0 fully saturated rings. The van der Waals surface area contributed by atoms with Crippen molar-refractivity contribution in [2.45, 2.75) is 26.2 Å². The Morgan fingerprint density at radius 3 is 2.47 bits per heavy atom. The van der Waals surface area contributed by atoms with E-state index in [0.29, 0.717) is 16.5 Å². The SMILES string of the molecule is CC(C)(C)c1cc(NC(=O)Nc2ccc(Cl)cc2)n(-c2cnc3ccccc3c2)n1. The number of benzene rings is 2. The van der Waals surface area contributed by atoms with Crippen molar-refractivity contribution in [3.8, 4) is 5.69 Å². The first-order valence-electron chi connectivity index (χ1n) is 9.59. The molecular formula is C23H22ClN5O. The molecule has 0 aliphatic carbocycles. The minimum atomic E-state index is -0.368. The predicted molar refractivity (Wildman–Crippen MR) is 122 cm³/mol. The van der Waals surface area contributed by atoms with Crippen LogP contribution < -0.4 is 10.6 Å². The van der Waals surface area contributed by atoms with Gasteiger partial charge in [-0.1, -0.05) is 50.6 Å². The number of rotatable bonds is 3. The molecule has 0 radical (unpaired) electrons. The van der Waals surface area contributed by atoms with Crippen LogP contribution in [0, 0.1) is 0 Å². The number of halogens is 1. The van der Waals surface area contributed by atoms with Gasteiger partial charge in [0.15, 0.2) is 0 Å². The van der Waals surface area contributed by atoms with E-state index in [0.717, 1.165) is 22.3 Å². The van der Waals surface area contributed by atoms with E-state index in [1.165, 1.54) is 0 Å². The zero-order valence-electron chi connectivity index (χ0n) is 17.0. The number of pyridine rings is 1. The summed E-state index contributed by atoms with van der Waals surface area (Å²) in [5.74, 6) is 0.559. The fourth-order valence-electron chi connectivity index (χ4n) is 3.02. The van der Waals surface area contributed by atoms with Gasteiger partial charge in [-0.15, -0.1) is 0 Å². The number of carbonyl (C=O) groups excluding carboxylic acids is 1. The maximum Gasteiger partial charge on any atom is 0.324 e. The van der Waals surface area contributed by atoms with Gasteiger partial charge in [0.25, 0.3) is 0 Å². The van der Waals surface area contributed by atoms with Crippen LogP contribution in [-0.2, 0) is 5.41 Å². The van der Waals surface area contributed by atoms with Gasteiger partial charge in [-0.2, -0.15) is 5.10 Å². The maximum absolute atomic E-state index is 12.6. The van der Waals surface area contributed by atoms with Crippen LogP contribution in [-0.4, -0.2) is 20.8 Å². The van der Waals surface area contributed by atoms with Crippen LogP contribution >= 0.6 is 11.6 Å². The van der Waals surface area contributed by atoms with Gasteiger partial charge < -0.3 is 5.32 Å². The third-order valence-corrected chi connectivity index (χ3v) is 4.89. The number of nitrogens with one attached hydrogen (secondary N) is 2. The number of carbonyl (C=O) groups is 1. The largest absolute Gasteiger partial charge is 0.324 e. The smallest absolute Gasteiger partial charge is 0.308 e. The van der Waals surface area contributed by atoms with Gasteiger partial charge in [0.2, 0.25) is 0 Å². The summed E-state index contributed by atoms with van der Waals surface area (Å²) >= 11 is 5.91. The fourth-order valence-corrected chi connectivity index (χ4v) is 3.15. The first-order chi connectivity index (χ1) is 14.3. The molecule has 2 amide bonds. The Balaban J connectivity index is 1.68. The van der Waals surface area contributed by atoms with Crippen molar-refractivity contribution in [2.75, 3.05) is 10.6 Å². The van der Waals surface area contributed by atoms with E-state index in [2.05, 4.69) is 36.4 Å². The number of hydrogen-bond acceptors (Lipinski definition) is 3. The number of urea groups is 1. The van der Waals surface area contributed by atoms with Crippen molar-refractivity contribution >= 4 is 40.0 Å². The molecule has 0 saturated carbocycles. The fraction of sp³-hybridized carbons (Fsp3) is 0.174. The lowest BCUT2D eigenvalue weighted by Crippen LogP contribution is -2.21. The van der Waals surface area contributed by atoms with Crippen molar-refractivity contribution in [1.29, 1.82) is 0 Å². The number of aromatic nitrogens is 3. The van der Waals surface area contributed by atoms with Crippen LogP contribution in [0.15, 0.2) is 66.9 Å². The molecular weight excluding hydrogens is 398 g/mol. The summed E-state index contributed by atoms with van der Waals surface area (Å²) in [7, 11) is 0. The number of para-hydroxylation sites is 1. The van der Waals surface area contributed by atoms with Crippen molar-refractivity contribution in [2.24, 2.45) is 0 Å². The van der Waals surface area contributed by atoms with E-state index in [4.69, 9.17) is 16.7 Å². The van der Waals surface area contributed by atoms with E-state index in [9.17, 15) is 4.79 Å². The molecule has 0 atom stereocenters. The molecule has 2 heterocycles. The lowest BCUT2D eigenvalue weighted by molar-refractivity contribution is 0.262. The highest BCUT2D eigenvalue weighted by atomic mass is 35.5. The summed E-state index contributed by atoms with van der Waals surface area (Å²) in [4.78, 5) is 17.1. The number of anilines is 2. The molecule has 0 aliphatic heterocycles. The highest BCUT2D eigenvalue weighted by Gasteiger charge is 2.22. The second kappa shape index (κ2) is 7.80. The summed E-state index contributed by atoms with van der Waals surface area (Å²) in [6.07, 6.45) is 1.75. The van der Waals surface area contributed by atoms with Gasteiger partial charge in [0, 0.05) is 27.6 Å².